The number of carbonyl (C=O) groups is 2. The van der Waals surface area contributed by atoms with Gasteiger partial charge in [0.25, 0.3) is 0 Å². The topological polar surface area (TPSA) is 79.9 Å². The van der Waals surface area contributed by atoms with Crippen molar-refractivity contribution in [1.82, 2.24) is 0 Å². The number of para-hydroxylation sites is 3. The minimum Gasteiger partial charge on any atom is -0.465 e. The lowest BCUT2D eigenvalue weighted by molar-refractivity contribution is -0.148. The van der Waals surface area contributed by atoms with Crippen molar-refractivity contribution in [2.45, 2.75) is 53.4 Å². The minimum absolute atomic E-state index is 0.305. The Morgan fingerprint density at radius 1 is 0.952 bits per heavy atom. The summed E-state index contributed by atoms with van der Waals surface area (Å²) in [5, 5.41) is 6.23. The van der Waals surface area contributed by atoms with Crippen LogP contribution in [0.1, 0.15) is 53.5 Å². The molecule has 2 N–H and O–H groups in total. The zero-order valence-corrected chi connectivity index (χ0v) is 26.3. The largest absolute Gasteiger partial charge is 0.465 e. The standard InChI is InChI=1S/C31H34ClN3O4.C3H8/c1-7-38-29(36)31(4,5)22-16-18-23(19-17-22)33-30(37)34-25-13-9-11-15-27(25)39-28(20-21(2)3)35(6)26-14-10-8-12-24(26)32;1-3-2/h8-20H,2,7H2,1,3-6H3,(H2,33,34,37);3H2,1-2H3/b28-20+;. The molecule has 0 spiro atoms. The number of rotatable bonds is 10. The molecule has 0 saturated carbocycles. The Hall–Kier alpha value is -4.23. The van der Waals surface area contributed by atoms with Crippen LogP contribution >= 0.6 is 11.6 Å². The molecule has 0 aliphatic heterocycles. The molecule has 224 valence electrons. The summed E-state index contributed by atoms with van der Waals surface area (Å²) in [5.41, 5.74) is 2.54. The number of ether oxygens (including phenoxy) is 2. The monoisotopic (exact) mass is 591 g/mol. The van der Waals surface area contributed by atoms with E-state index >= 15 is 0 Å². The summed E-state index contributed by atoms with van der Waals surface area (Å²) in [6, 6.07) is 21.2. The first kappa shape index (κ1) is 34.0. The normalized spacial score (nSPS) is 11.0. The summed E-state index contributed by atoms with van der Waals surface area (Å²) >= 11 is 6.41. The third-order valence-corrected chi connectivity index (χ3v) is 6.23. The fraction of sp³-hybridized carbons (Fsp3) is 0.294. The number of allylic oxidation sites excluding steroid dienone is 2. The van der Waals surface area contributed by atoms with Gasteiger partial charge in [0, 0.05) is 18.8 Å². The number of benzene rings is 3. The average Bonchev–Trinajstić information content (AvgIpc) is 2.94. The number of anilines is 3. The highest BCUT2D eigenvalue weighted by atomic mass is 35.5. The van der Waals surface area contributed by atoms with Gasteiger partial charge in [0.15, 0.2) is 5.75 Å². The third kappa shape index (κ3) is 9.70. The lowest BCUT2D eigenvalue weighted by Crippen LogP contribution is -2.31. The molecule has 0 atom stereocenters. The molecule has 8 heteroatoms. The van der Waals surface area contributed by atoms with Crippen molar-refractivity contribution in [3.8, 4) is 5.75 Å². The van der Waals surface area contributed by atoms with E-state index in [2.05, 4.69) is 31.1 Å². The third-order valence-electron chi connectivity index (χ3n) is 5.91. The molecule has 0 bridgehead atoms. The van der Waals surface area contributed by atoms with E-state index in [1.807, 2.05) is 43.1 Å². The Balaban J connectivity index is 0.00000197. The van der Waals surface area contributed by atoms with Crippen LogP contribution in [0.5, 0.6) is 5.75 Å². The second-order valence-corrected chi connectivity index (χ2v) is 10.6. The van der Waals surface area contributed by atoms with Gasteiger partial charge in [-0.05, 0) is 69.7 Å². The molecule has 0 radical (unpaired) electrons. The van der Waals surface area contributed by atoms with Crippen molar-refractivity contribution in [2.24, 2.45) is 0 Å². The maximum Gasteiger partial charge on any atom is 0.323 e. The molecule has 3 aromatic carbocycles. The highest BCUT2D eigenvalue weighted by molar-refractivity contribution is 6.33. The van der Waals surface area contributed by atoms with Gasteiger partial charge in [-0.15, -0.1) is 0 Å². The first-order chi connectivity index (χ1) is 19.9. The van der Waals surface area contributed by atoms with Crippen LogP contribution in [0.3, 0.4) is 0 Å². The van der Waals surface area contributed by atoms with Crippen LogP contribution in [0.15, 0.2) is 96.9 Å². The average molecular weight is 592 g/mol. The first-order valence-electron chi connectivity index (χ1n) is 13.9. The molecule has 2 amide bonds. The second-order valence-electron chi connectivity index (χ2n) is 10.1. The van der Waals surface area contributed by atoms with Gasteiger partial charge < -0.3 is 25.0 Å². The number of amides is 2. The summed E-state index contributed by atoms with van der Waals surface area (Å²) in [5.74, 6) is 0.607. The Labute approximate surface area is 255 Å². The molecule has 0 heterocycles. The van der Waals surface area contributed by atoms with Gasteiger partial charge in [0.1, 0.15) is 0 Å². The Kier molecular flexibility index (Phi) is 13.2. The molecular formula is C34H42ClN3O4. The summed E-state index contributed by atoms with van der Waals surface area (Å²) in [7, 11) is 1.84. The molecule has 3 rings (SSSR count). The van der Waals surface area contributed by atoms with Crippen molar-refractivity contribution >= 4 is 40.7 Å². The van der Waals surface area contributed by atoms with E-state index in [-0.39, 0.29) is 5.97 Å². The van der Waals surface area contributed by atoms with Gasteiger partial charge in [-0.3, -0.25) is 4.79 Å². The van der Waals surface area contributed by atoms with E-state index in [1.165, 1.54) is 6.42 Å². The summed E-state index contributed by atoms with van der Waals surface area (Å²) in [6.07, 6.45) is 3.04. The van der Waals surface area contributed by atoms with E-state index in [4.69, 9.17) is 21.1 Å². The van der Waals surface area contributed by atoms with Gasteiger partial charge in [-0.25, -0.2) is 4.79 Å². The van der Waals surface area contributed by atoms with Crippen molar-refractivity contribution in [1.29, 1.82) is 0 Å². The Morgan fingerprint density at radius 3 is 2.14 bits per heavy atom. The fourth-order valence-electron chi connectivity index (χ4n) is 3.70. The molecule has 0 aromatic heterocycles. The SMILES string of the molecule is C=C(C)/C=C(/Oc1ccccc1NC(=O)Nc1ccc(C(C)(C)C(=O)OCC)cc1)N(C)c1ccccc1Cl.CCC. The maximum absolute atomic E-state index is 12.9. The van der Waals surface area contributed by atoms with Gasteiger partial charge in [-0.1, -0.05) is 80.4 Å². The van der Waals surface area contributed by atoms with E-state index < -0.39 is 11.4 Å². The first-order valence-corrected chi connectivity index (χ1v) is 14.3. The zero-order chi connectivity index (χ0) is 31.3. The lowest BCUT2D eigenvalue weighted by atomic mass is 9.84. The second kappa shape index (κ2) is 16.3. The molecule has 0 saturated heterocycles. The van der Waals surface area contributed by atoms with Crippen LogP contribution in [-0.2, 0) is 14.9 Å². The quantitative estimate of drug-likeness (QED) is 0.140. The minimum atomic E-state index is -0.806. The zero-order valence-electron chi connectivity index (χ0n) is 25.6. The van der Waals surface area contributed by atoms with Gasteiger partial charge in [-0.2, -0.15) is 0 Å². The number of hydrogen-bond acceptors (Lipinski definition) is 5. The van der Waals surface area contributed by atoms with Crippen LogP contribution in [0.4, 0.5) is 21.9 Å². The van der Waals surface area contributed by atoms with Crippen LogP contribution in [0, 0.1) is 0 Å². The molecule has 0 aliphatic rings. The van der Waals surface area contributed by atoms with E-state index in [1.54, 1.807) is 75.4 Å². The predicted octanol–water partition coefficient (Wildman–Crippen LogP) is 9.17. The van der Waals surface area contributed by atoms with Gasteiger partial charge >= 0.3 is 12.0 Å². The number of esters is 1. The van der Waals surface area contributed by atoms with Crippen LogP contribution in [-0.4, -0.2) is 25.7 Å². The van der Waals surface area contributed by atoms with Crippen LogP contribution in [0.2, 0.25) is 5.02 Å². The van der Waals surface area contributed by atoms with Crippen molar-refractivity contribution in [3.63, 3.8) is 0 Å². The number of nitrogens with zero attached hydrogens (tertiary/aromatic N) is 1. The maximum atomic E-state index is 12.9. The predicted molar refractivity (Wildman–Crippen MR) is 175 cm³/mol. The summed E-state index contributed by atoms with van der Waals surface area (Å²) in [6.45, 7) is 15.8. The molecule has 3 aromatic rings. The van der Waals surface area contributed by atoms with Crippen molar-refractivity contribution in [2.75, 3.05) is 29.2 Å². The molecule has 42 heavy (non-hydrogen) atoms. The highest BCUT2D eigenvalue weighted by Gasteiger charge is 2.31. The van der Waals surface area contributed by atoms with Crippen molar-refractivity contribution < 1.29 is 19.1 Å². The number of halogens is 1. The highest BCUT2D eigenvalue weighted by Crippen LogP contribution is 2.32. The number of nitrogens with one attached hydrogen (secondary N) is 2. The Bertz CT molecular complexity index is 1380. The number of hydrogen-bond donors (Lipinski definition) is 2. The van der Waals surface area contributed by atoms with Crippen LogP contribution in [0.25, 0.3) is 0 Å². The smallest absolute Gasteiger partial charge is 0.323 e. The molecule has 0 aliphatic carbocycles. The molecular weight excluding hydrogens is 550 g/mol. The van der Waals surface area contributed by atoms with Gasteiger partial charge in [0.2, 0.25) is 5.88 Å². The number of urea groups is 1. The van der Waals surface area contributed by atoms with Crippen molar-refractivity contribution in [3.05, 3.63) is 107 Å². The van der Waals surface area contributed by atoms with Gasteiger partial charge in [0.05, 0.1) is 28.4 Å². The number of carbonyl (C=O) groups excluding carboxylic acids is 2. The molecule has 0 fully saturated rings. The lowest BCUT2D eigenvalue weighted by Gasteiger charge is -2.25. The fourth-order valence-corrected chi connectivity index (χ4v) is 3.97. The summed E-state index contributed by atoms with van der Waals surface area (Å²) < 4.78 is 11.4. The molecule has 0 unspecified atom stereocenters. The van der Waals surface area contributed by atoms with Crippen LogP contribution < -0.4 is 20.3 Å². The summed E-state index contributed by atoms with van der Waals surface area (Å²) in [4.78, 5) is 27.0. The Morgan fingerprint density at radius 2 is 1.55 bits per heavy atom. The van der Waals surface area contributed by atoms with E-state index in [0.29, 0.717) is 34.6 Å². The van der Waals surface area contributed by atoms with E-state index in [0.717, 1.165) is 16.8 Å². The molecule has 7 nitrogen and oxygen atoms in total. The van der Waals surface area contributed by atoms with E-state index in [9.17, 15) is 9.59 Å².